The molecule has 0 radical (unpaired) electrons. The second-order valence-corrected chi connectivity index (χ2v) is 9.71. The fourth-order valence-corrected chi connectivity index (χ4v) is 5.01. The summed E-state index contributed by atoms with van der Waals surface area (Å²) in [7, 11) is 0. The summed E-state index contributed by atoms with van der Waals surface area (Å²) < 4.78 is 7.60. The van der Waals surface area contributed by atoms with Gasteiger partial charge >= 0.3 is 0 Å². The second-order valence-electron chi connectivity index (χ2n) is 9.71. The summed E-state index contributed by atoms with van der Waals surface area (Å²) in [6, 6.07) is 10.5. The normalized spacial score (nSPS) is 18.6. The number of benzene rings is 1. The minimum Gasteiger partial charge on any atom is -0.381 e. The van der Waals surface area contributed by atoms with Crippen LogP contribution in [0, 0.1) is 18.3 Å². The van der Waals surface area contributed by atoms with E-state index in [9.17, 15) is 10.1 Å². The third-order valence-electron chi connectivity index (χ3n) is 7.13. The summed E-state index contributed by atoms with van der Waals surface area (Å²) in [5.41, 5.74) is 6.10. The molecule has 1 aromatic carbocycles. The van der Waals surface area contributed by atoms with Crippen LogP contribution in [0.5, 0.6) is 0 Å². The highest BCUT2D eigenvalue weighted by molar-refractivity contribution is 5.75. The van der Waals surface area contributed by atoms with Crippen LogP contribution in [-0.4, -0.2) is 61.3 Å². The largest absolute Gasteiger partial charge is 0.381 e. The van der Waals surface area contributed by atoms with Gasteiger partial charge < -0.3 is 19.5 Å². The lowest BCUT2D eigenvalue weighted by Crippen LogP contribution is -2.51. The van der Waals surface area contributed by atoms with Gasteiger partial charge in [-0.1, -0.05) is 23.8 Å². The summed E-state index contributed by atoms with van der Waals surface area (Å²) >= 11 is 0. The first-order chi connectivity index (χ1) is 18.1. The molecule has 0 spiro atoms. The van der Waals surface area contributed by atoms with Crippen LogP contribution in [0.1, 0.15) is 37.3 Å². The highest BCUT2D eigenvalue weighted by Crippen LogP contribution is 2.26. The molecule has 1 amide bonds. The summed E-state index contributed by atoms with van der Waals surface area (Å²) in [5.74, 6) is 0. The maximum Gasteiger partial charge on any atom is 0.211 e. The number of allylic oxidation sites excluding steroid dienone is 6. The maximum absolute atomic E-state index is 10.5. The van der Waals surface area contributed by atoms with Crippen molar-refractivity contribution in [1.29, 1.82) is 5.26 Å². The molecular weight excluding hydrogens is 462 g/mol. The van der Waals surface area contributed by atoms with Crippen LogP contribution in [0.15, 0.2) is 66.5 Å². The van der Waals surface area contributed by atoms with Crippen molar-refractivity contribution in [3.05, 3.63) is 77.7 Å². The fraction of sp³-hybridized carbons (Fsp3) is 0.400. The summed E-state index contributed by atoms with van der Waals surface area (Å²) in [5, 5.41) is 12.0. The molecule has 2 fully saturated rings. The van der Waals surface area contributed by atoms with Gasteiger partial charge in [0, 0.05) is 69.2 Å². The van der Waals surface area contributed by atoms with Gasteiger partial charge in [0.2, 0.25) is 6.41 Å². The predicted octanol–water partition coefficient (Wildman–Crippen LogP) is 4.97. The first-order valence-corrected chi connectivity index (χ1v) is 13.1. The van der Waals surface area contributed by atoms with E-state index in [-0.39, 0.29) is 0 Å². The number of nitrogens with one attached hydrogen (secondary N) is 1. The molecule has 3 heterocycles. The number of aryl methyl sites for hydroxylation is 1. The number of aromatic nitrogens is 1. The lowest BCUT2D eigenvalue weighted by Gasteiger charge is -2.41. The highest BCUT2D eigenvalue weighted by Gasteiger charge is 2.26. The van der Waals surface area contributed by atoms with E-state index in [1.54, 1.807) is 6.07 Å². The molecule has 37 heavy (non-hydrogen) atoms. The van der Waals surface area contributed by atoms with E-state index in [1.807, 2.05) is 12.1 Å². The first kappa shape index (κ1) is 26.5. The van der Waals surface area contributed by atoms with Gasteiger partial charge in [0.15, 0.2) is 0 Å². The van der Waals surface area contributed by atoms with Crippen molar-refractivity contribution in [2.45, 2.75) is 39.2 Å². The molecule has 2 saturated heterocycles. The van der Waals surface area contributed by atoms with Crippen LogP contribution in [0.4, 0.5) is 11.4 Å². The molecule has 2 aromatic rings. The maximum atomic E-state index is 10.5. The van der Waals surface area contributed by atoms with Crippen LogP contribution in [0.25, 0.3) is 5.70 Å². The fourth-order valence-electron chi connectivity index (χ4n) is 5.01. The zero-order chi connectivity index (χ0) is 26.0. The number of amides is 1. The number of anilines is 2. The number of hydrogen-bond donors (Lipinski definition) is 1. The van der Waals surface area contributed by atoms with Crippen LogP contribution < -0.4 is 10.2 Å². The third kappa shape index (κ3) is 7.22. The number of nitrogens with zero attached hydrogens (tertiary/aromatic N) is 4. The number of hydrogen-bond acceptors (Lipinski definition) is 5. The quantitative estimate of drug-likeness (QED) is 0.588. The number of nitriles is 1. The molecule has 7 heteroatoms. The summed E-state index contributed by atoms with van der Waals surface area (Å²) in [6.45, 7) is 9.87. The van der Waals surface area contributed by atoms with Gasteiger partial charge in [0.1, 0.15) is 6.07 Å². The van der Waals surface area contributed by atoms with Crippen molar-refractivity contribution in [2.75, 3.05) is 49.6 Å². The Kier molecular flexibility index (Phi) is 9.36. The lowest BCUT2D eigenvalue weighted by molar-refractivity contribution is -0.105. The van der Waals surface area contributed by atoms with Gasteiger partial charge in [-0.3, -0.25) is 9.69 Å². The topological polar surface area (TPSA) is 73.5 Å². The zero-order valence-corrected chi connectivity index (χ0v) is 21.9. The molecular formula is C30H37N5O2. The molecule has 0 unspecified atom stereocenters. The van der Waals surface area contributed by atoms with Crippen LogP contribution in [0.3, 0.4) is 0 Å². The molecule has 1 N–H and O–H groups in total. The van der Waals surface area contributed by atoms with E-state index in [0.29, 0.717) is 23.7 Å². The number of carbonyl (C=O) groups is 1. The molecule has 2 aliphatic heterocycles. The van der Waals surface area contributed by atoms with E-state index in [1.165, 1.54) is 16.8 Å². The van der Waals surface area contributed by atoms with Crippen molar-refractivity contribution in [1.82, 2.24) is 9.47 Å². The molecule has 1 aliphatic carbocycles. The highest BCUT2D eigenvalue weighted by atomic mass is 16.5. The van der Waals surface area contributed by atoms with Crippen molar-refractivity contribution in [2.24, 2.45) is 0 Å². The van der Waals surface area contributed by atoms with Crippen molar-refractivity contribution < 1.29 is 9.53 Å². The Labute approximate surface area is 220 Å². The van der Waals surface area contributed by atoms with Gasteiger partial charge in [0.05, 0.1) is 11.3 Å². The van der Waals surface area contributed by atoms with Crippen LogP contribution in [-0.2, 0) is 9.53 Å². The number of carbonyl (C=O) groups excluding carboxylic acids is 1. The number of ether oxygens (including phenoxy) is 1. The first-order valence-electron chi connectivity index (χ1n) is 13.1. The molecule has 0 atom stereocenters. The Hall–Kier alpha value is -3.60. The van der Waals surface area contributed by atoms with Gasteiger partial charge in [-0.25, -0.2) is 0 Å². The molecule has 194 valence electrons. The number of rotatable bonds is 5. The monoisotopic (exact) mass is 499 g/mol. The Morgan fingerprint density at radius 3 is 2.51 bits per heavy atom. The average molecular weight is 500 g/mol. The SMILES string of the molecule is CC1=CCC=C(n2ccc(C)c2)C=C1.N#Cc1cc(NC=O)ccc1N1CCN(C2CCOCC2)CC1. The smallest absolute Gasteiger partial charge is 0.211 e. The Morgan fingerprint density at radius 1 is 1.05 bits per heavy atom. The van der Waals surface area contributed by atoms with Crippen molar-refractivity contribution in [3.63, 3.8) is 0 Å². The molecule has 5 rings (SSSR count). The Balaban J connectivity index is 0.000000195. The van der Waals surface area contributed by atoms with Gasteiger partial charge in [0.25, 0.3) is 0 Å². The van der Waals surface area contributed by atoms with Gasteiger partial charge in [-0.05, 0) is 69.0 Å². The molecule has 3 aliphatic rings. The standard InChI is InChI=1S/C17H22N4O2.C13H15N/c18-12-14-11-15(19-13-22)1-2-17(14)21-7-5-20(6-8-21)16-3-9-23-10-4-16;1-11-4-3-5-13(7-6-11)14-9-8-12(2)10-14/h1-2,11,13,16H,3-10H2,(H,19,22);4-10H,3H2,1-2H3. The van der Waals surface area contributed by atoms with Crippen molar-refractivity contribution >= 4 is 23.5 Å². The second kappa shape index (κ2) is 13.1. The van der Waals surface area contributed by atoms with E-state index in [0.717, 1.165) is 64.3 Å². The molecule has 0 saturated carbocycles. The van der Waals surface area contributed by atoms with Gasteiger partial charge in [-0.15, -0.1) is 0 Å². The zero-order valence-electron chi connectivity index (χ0n) is 21.9. The third-order valence-corrected chi connectivity index (χ3v) is 7.13. The van der Waals surface area contributed by atoms with E-state index >= 15 is 0 Å². The van der Waals surface area contributed by atoms with E-state index in [4.69, 9.17) is 4.74 Å². The van der Waals surface area contributed by atoms with Crippen molar-refractivity contribution in [3.8, 4) is 6.07 Å². The van der Waals surface area contributed by atoms with E-state index < -0.39 is 0 Å². The lowest BCUT2D eigenvalue weighted by atomic mass is 10.1. The van der Waals surface area contributed by atoms with Gasteiger partial charge in [-0.2, -0.15) is 5.26 Å². The van der Waals surface area contributed by atoms with E-state index in [2.05, 4.69) is 82.4 Å². The molecule has 1 aromatic heterocycles. The minimum atomic E-state index is 0.608. The van der Waals surface area contributed by atoms with Crippen LogP contribution >= 0.6 is 0 Å². The number of piperazine rings is 1. The Bertz CT molecular complexity index is 1190. The summed E-state index contributed by atoms with van der Waals surface area (Å²) in [6.07, 6.45) is 16.9. The Morgan fingerprint density at radius 2 is 1.84 bits per heavy atom. The molecule has 0 bridgehead atoms. The minimum absolute atomic E-state index is 0.608. The summed E-state index contributed by atoms with van der Waals surface area (Å²) in [4.78, 5) is 15.3. The predicted molar refractivity (Wildman–Crippen MR) is 149 cm³/mol. The average Bonchev–Trinajstić information content (AvgIpc) is 3.25. The van der Waals surface area contributed by atoms with Crippen LogP contribution in [0.2, 0.25) is 0 Å². The molecule has 7 nitrogen and oxygen atoms in total.